The van der Waals surface area contributed by atoms with Crippen molar-refractivity contribution >= 4 is 23.5 Å². The monoisotopic (exact) mass is 345 g/mol. The van der Waals surface area contributed by atoms with E-state index in [4.69, 9.17) is 0 Å². The zero-order valence-electron chi connectivity index (χ0n) is 14.6. The second-order valence-corrected chi connectivity index (χ2v) is 8.45. The van der Waals surface area contributed by atoms with Crippen LogP contribution in [0.1, 0.15) is 43.2 Å². The van der Waals surface area contributed by atoms with Gasteiger partial charge < -0.3 is 5.32 Å². The maximum Gasteiger partial charge on any atom is 0.223 e. The number of ketones is 1. The van der Waals surface area contributed by atoms with Gasteiger partial charge in [0.1, 0.15) is 5.78 Å². The van der Waals surface area contributed by atoms with E-state index in [1.165, 1.54) is 16.0 Å². The van der Waals surface area contributed by atoms with Crippen LogP contribution < -0.4 is 5.32 Å². The minimum atomic E-state index is 0.0459. The molecule has 2 fully saturated rings. The Balaban J connectivity index is 1.43. The Morgan fingerprint density at radius 2 is 1.88 bits per heavy atom. The molecule has 0 spiro atoms. The first kappa shape index (κ1) is 17.5. The van der Waals surface area contributed by atoms with Gasteiger partial charge >= 0.3 is 0 Å². The van der Waals surface area contributed by atoms with Crippen LogP contribution in [-0.2, 0) is 9.59 Å². The second kappa shape index (κ2) is 7.73. The quantitative estimate of drug-likeness (QED) is 0.650. The van der Waals surface area contributed by atoms with Gasteiger partial charge in [-0.25, -0.2) is 0 Å². The summed E-state index contributed by atoms with van der Waals surface area (Å²) < 4.78 is 0. The van der Waals surface area contributed by atoms with E-state index >= 15 is 0 Å². The molecule has 0 aliphatic heterocycles. The van der Waals surface area contributed by atoms with Crippen molar-refractivity contribution in [3.63, 3.8) is 0 Å². The summed E-state index contributed by atoms with van der Waals surface area (Å²) in [5.41, 5.74) is 2.62. The van der Waals surface area contributed by atoms with Gasteiger partial charge in [-0.2, -0.15) is 0 Å². The third kappa shape index (κ3) is 4.02. The van der Waals surface area contributed by atoms with Gasteiger partial charge in [0.15, 0.2) is 0 Å². The van der Waals surface area contributed by atoms with Gasteiger partial charge in [-0.1, -0.05) is 12.5 Å². The first-order valence-corrected chi connectivity index (χ1v) is 10.0. The van der Waals surface area contributed by atoms with Crippen molar-refractivity contribution in [2.24, 2.45) is 17.8 Å². The van der Waals surface area contributed by atoms with Crippen molar-refractivity contribution in [2.75, 3.05) is 12.3 Å². The van der Waals surface area contributed by atoms with E-state index < -0.39 is 0 Å². The smallest absolute Gasteiger partial charge is 0.223 e. The van der Waals surface area contributed by atoms with Crippen LogP contribution in [0.2, 0.25) is 0 Å². The zero-order chi connectivity index (χ0) is 17.1. The molecule has 130 valence electrons. The molecule has 2 unspecified atom stereocenters. The highest BCUT2D eigenvalue weighted by Crippen LogP contribution is 2.40. The molecule has 3 nitrogen and oxygen atoms in total. The van der Waals surface area contributed by atoms with E-state index in [1.54, 1.807) is 11.8 Å². The average molecular weight is 346 g/mol. The maximum absolute atomic E-state index is 12.4. The van der Waals surface area contributed by atoms with Gasteiger partial charge in [-0.05, 0) is 62.8 Å². The molecule has 3 rings (SSSR count). The van der Waals surface area contributed by atoms with E-state index in [2.05, 4.69) is 37.4 Å². The minimum Gasteiger partial charge on any atom is -0.355 e. The number of Topliss-reactive ketones (excluding diaryl/α,β-unsaturated/α-hetero) is 1. The van der Waals surface area contributed by atoms with E-state index in [-0.39, 0.29) is 23.7 Å². The van der Waals surface area contributed by atoms with Crippen LogP contribution in [-0.4, -0.2) is 24.0 Å². The lowest BCUT2D eigenvalue weighted by Gasteiger charge is -2.36. The minimum absolute atomic E-state index is 0.0459. The lowest BCUT2D eigenvalue weighted by Crippen LogP contribution is -2.43. The van der Waals surface area contributed by atoms with Gasteiger partial charge in [0, 0.05) is 34.9 Å². The summed E-state index contributed by atoms with van der Waals surface area (Å²) >= 11 is 1.78. The highest BCUT2D eigenvalue weighted by molar-refractivity contribution is 7.99. The Kier molecular flexibility index (Phi) is 5.65. The predicted molar refractivity (Wildman–Crippen MR) is 98.2 cm³/mol. The van der Waals surface area contributed by atoms with E-state index in [0.29, 0.717) is 12.3 Å². The topological polar surface area (TPSA) is 46.2 Å². The Morgan fingerprint density at radius 3 is 2.54 bits per heavy atom. The summed E-state index contributed by atoms with van der Waals surface area (Å²) in [4.78, 5) is 25.8. The molecule has 1 aromatic carbocycles. The molecular formula is C20H27NO2S. The van der Waals surface area contributed by atoms with Crippen LogP contribution in [0.25, 0.3) is 0 Å². The Bertz CT molecular complexity index is 612. The number of fused-ring (bicyclic) bond motifs is 2. The van der Waals surface area contributed by atoms with Crippen molar-refractivity contribution in [3.05, 3.63) is 29.3 Å². The number of hydrogen-bond acceptors (Lipinski definition) is 3. The van der Waals surface area contributed by atoms with Crippen LogP contribution in [0, 0.1) is 31.6 Å². The SMILES string of the molecule is Cc1ccc(SCCNC(=O)C2CC3CCCC(C2)C3=O)cc1C. The molecule has 0 radical (unpaired) electrons. The van der Waals surface area contributed by atoms with Crippen LogP contribution in [0.5, 0.6) is 0 Å². The summed E-state index contributed by atoms with van der Waals surface area (Å²) in [7, 11) is 0. The van der Waals surface area contributed by atoms with E-state index in [1.807, 2.05) is 0 Å². The van der Waals surface area contributed by atoms with Gasteiger partial charge in [-0.15, -0.1) is 11.8 Å². The standard InChI is InChI=1S/C20H27NO2S/c1-13-6-7-18(10-14(13)2)24-9-8-21-20(23)17-11-15-4-3-5-16(12-17)19(15)22/h6-7,10,15-17H,3-5,8-9,11-12H2,1-2H3,(H,21,23). The van der Waals surface area contributed by atoms with Crippen LogP contribution in [0.3, 0.4) is 0 Å². The normalized spacial score (nSPS) is 26.2. The summed E-state index contributed by atoms with van der Waals surface area (Å²) in [6.45, 7) is 4.94. The molecule has 2 atom stereocenters. The number of nitrogens with one attached hydrogen (secondary N) is 1. The highest BCUT2D eigenvalue weighted by atomic mass is 32.2. The number of amides is 1. The van der Waals surface area contributed by atoms with Crippen molar-refractivity contribution in [1.82, 2.24) is 5.32 Å². The number of thioether (sulfide) groups is 1. The van der Waals surface area contributed by atoms with Gasteiger partial charge in [0.05, 0.1) is 0 Å². The maximum atomic E-state index is 12.4. The van der Waals surface area contributed by atoms with Crippen molar-refractivity contribution in [2.45, 2.75) is 50.8 Å². The van der Waals surface area contributed by atoms with Gasteiger partial charge in [-0.3, -0.25) is 9.59 Å². The molecule has 0 heterocycles. The van der Waals surface area contributed by atoms with Crippen molar-refractivity contribution < 1.29 is 9.59 Å². The lowest BCUT2D eigenvalue weighted by atomic mass is 9.67. The van der Waals surface area contributed by atoms with Crippen LogP contribution >= 0.6 is 11.8 Å². The fourth-order valence-corrected chi connectivity index (χ4v) is 4.85. The number of aryl methyl sites for hydroxylation is 2. The fourth-order valence-electron chi connectivity index (χ4n) is 3.98. The first-order chi connectivity index (χ1) is 11.5. The molecular weight excluding hydrogens is 318 g/mol. The summed E-state index contributed by atoms with van der Waals surface area (Å²) in [6.07, 6.45) is 4.67. The van der Waals surface area contributed by atoms with Gasteiger partial charge in [0.2, 0.25) is 5.91 Å². The molecule has 1 aromatic rings. The number of carbonyl (C=O) groups is 2. The molecule has 2 saturated carbocycles. The molecule has 1 amide bonds. The molecule has 4 heteroatoms. The second-order valence-electron chi connectivity index (χ2n) is 7.28. The Labute approximate surface area is 149 Å². The highest BCUT2D eigenvalue weighted by Gasteiger charge is 2.41. The average Bonchev–Trinajstić information content (AvgIpc) is 2.54. The molecule has 24 heavy (non-hydrogen) atoms. The third-order valence-corrected chi connectivity index (χ3v) is 6.56. The van der Waals surface area contributed by atoms with E-state index in [9.17, 15) is 9.59 Å². The van der Waals surface area contributed by atoms with Crippen LogP contribution in [0.4, 0.5) is 0 Å². The summed E-state index contributed by atoms with van der Waals surface area (Å²) in [5, 5.41) is 3.08. The summed E-state index contributed by atoms with van der Waals surface area (Å²) in [6, 6.07) is 6.49. The fraction of sp³-hybridized carbons (Fsp3) is 0.600. The van der Waals surface area contributed by atoms with Crippen LogP contribution in [0.15, 0.2) is 23.1 Å². The molecule has 0 saturated heterocycles. The molecule has 2 aliphatic carbocycles. The van der Waals surface area contributed by atoms with Crippen molar-refractivity contribution in [3.8, 4) is 0 Å². The predicted octanol–water partition coefficient (Wildman–Crippen LogP) is 3.91. The first-order valence-electron chi connectivity index (χ1n) is 9.06. The number of carbonyl (C=O) groups excluding carboxylic acids is 2. The largest absolute Gasteiger partial charge is 0.355 e. The zero-order valence-corrected chi connectivity index (χ0v) is 15.5. The third-order valence-electron chi connectivity index (χ3n) is 5.57. The Hall–Kier alpha value is -1.29. The lowest BCUT2D eigenvalue weighted by molar-refractivity contribution is -0.137. The number of hydrogen-bond donors (Lipinski definition) is 1. The van der Waals surface area contributed by atoms with Gasteiger partial charge in [0.25, 0.3) is 0 Å². The number of rotatable bonds is 5. The van der Waals surface area contributed by atoms with Crippen molar-refractivity contribution in [1.29, 1.82) is 0 Å². The number of benzene rings is 1. The summed E-state index contributed by atoms with van der Waals surface area (Å²) in [5.74, 6) is 1.81. The molecule has 2 aliphatic rings. The molecule has 2 bridgehead atoms. The van der Waals surface area contributed by atoms with E-state index in [0.717, 1.165) is 37.9 Å². The molecule has 1 N–H and O–H groups in total. The Morgan fingerprint density at radius 1 is 1.17 bits per heavy atom. The molecule has 0 aromatic heterocycles.